The Labute approximate surface area is 79.7 Å². The van der Waals surface area contributed by atoms with Gasteiger partial charge in [0.2, 0.25) is 0 Å². The van der Waals surface area contributed by atoms with Gasteiger partial charge in [-0.2, -0.15) is 0 Å². The lowest BCUT2D eigenvalue weighted by molar-refractivity contribution is -0.137. The molecule has 0 radical (unpaired) electrons. The predicted molar refractivity (Wildman–Crippen MR) is 52.9 cm³/mol. The van der Waals surface area contributed by atoms with E-state index in [2.05, 4.69) is 17.6 Å². The average molecular weight is 188 g/mol. The molecule has 3 N–H and O–H groups in total. The van der Waals surface area contributed by atoms with Gasteiger partial charge in [-0.1, -0.05) is 6.92 Å². The van der Waals surface area contributed by atoms with Crippen LogP contribution in [-0.4, -0.2) is 36.8 Å². The van der Waals surface area contributed by atoms with E-state index < -0.39 is 5.97 Å². The van der Waals surface area contributed by atoms with Gasteiger partial charge in [0.05, 0.1) is 0 Å². The van der Waals surface area contributed by atoms with Gasteiger partial charge in [-0.3, -0.25) is 4.79 Å². The van der Waals surface area contributed by atoms with Crippen molar-refractivity contribution >= 4 is 5.97 Å². The second-order valence-corrected chi connectivity index (χ2v) is 3.20. The maximum Gasteiger partial charge on any atom is 0.303 e. The van der Waals surface area contributed by atoms with Crippen molar-refractivity contribution in [3.05, 3.63) is 0 Å². The molecule has 0 unspecified atom stereocenters. The Morgan fingerprint density at radius 3 is 2.38 bits per heavy atom. The van der Waals surface area contributed by atoms with Gasteiger partial charge in [0.1, 0.15) is 0 Å². The van der Waals surface area contributed by atoms with Gasteiger partial charge in [0, 0.05) is 32.1 Å². The number of hydrogen-bond donors (Lipinski definition) is 3. The van der Waals surface area contributed by atoms with Gasteiger partial charge in [-0.05, 0) is 13.3 Å². The summed E-state index contributed by atoms with van der Waals surface area (Å²) >= 11 is 0. The topological polar surface area (TPSA) is 61.4 Å². The number of piperazine rings is 1. The van der Waals surface area contributed by atoms with Crippen LogP contribution in [0.15, 0.2) is 0 Å². The molecule has 4 heteroatoms. The number of carbonyl (C=O) groups is 1. The van der Waals surface area contributed by atoms with Gasteiger partial charge < -0.3 is 15.7 Å². The van der Waals surface area contributed by atoms with Crippen molar-refractivity contribution in [2.24, 2.45) is 0 Å². The molecular weight excluding hydrogens is 168 g/mol. The van der Waals surface area contributed by atoms with E-state index in [1.54, 1.807) is 0 Å². The maximum absolute atomic E-state index is 9.60. The van der Waals surface area contributed by atoms with Crippen molar-refractivity contribution < 1.29 is 9.90 Å². The summed E-state index contributed by atoms with van der Waals surface area (Å²) in [6.07, 6.45) is 1.02. The Kier molecular flexibility index (Phi) is 7.63. The monoisotopic (exact) mass is 188 g/mol. The van der Waals surface area contributed by atoms with Crippen LogP contribution in [0.2, 0.25) is 0 Å². The molecule has 1 fully saturated rings. The minimum absolute atomic E-state index is 0.292. The molecule has 0 aromatic rings. The Morgan fingerprint density at radius 1 is 1.54 bits per heavy atom. The summed E-state index contributed by atoms with van der Waals surface area (Å²) in [6.45, 7) is 7.41. The Hall–Kier alpha value is -0.610. The van der Waals surface area contributed by atoms with Crippen LogP contribution in [-0.2, 0) is 4.79 Å². The van der Waals surface area contributed by atoms with Crippen LogP contribution in [0.1, 0.15) is 26.7 Å². The van der Waals surface area contributed by atoms with Crippen LogP contribution >= 0.6 is 0 Å². The lowest BCUT2D eigenvalue weighted by Crippen LogP contribution is -2.46. The van der Waals surface area contributed by atoms with Gasteiger partial charge in [-0.15, -0.1) is 0 Å². The Morgan fingerprint density at radius 2 is 2.23 bits per heavy atom. The Bertz CT molecular complexity index is 134. The van der Waals surface area contributed by atoms with E-state index in [9.17, 15) is 4.79 Å². The molecule has 1 atom stereocenters. The predicted octanol–water partition coefficient (Wildman–Crippen LogP) is 0.439. The number of nitrogens with one attached hydrogen (secondary N) is 2. The highest BCUT2D eigenvalue weighted by atomic mass is 16.4. The third-order valence-electron chi connectivity index (χ3n) is 1.71. The molecule has 1 saturated heterocycles. The Balaban J connectivity index is 0.000000226. The molecule has 1 aliphatic heterocycles. The summed E-state index contributed by atoms with van der Waals surface area (Å²) in [5.41, 5.74) is 0. The second-order valence-electron chi connectivity index (χ2n) is 3.20. The summed E-state index contributed by atoms with van der Waals surface area (Å²) in [7, 11) is 0. The normalized spacial score (nSPS) is 21.5. The number of carboxylic acids is 1. The van der Waals surface area contributed by atoms with E-state index in [-0.39, 0.29) is 0 Å². The third-order valence-corrected chi connectivity index (χ3v) is 1.71. The fourth-order valence-electron chi connectivity index (χ4n) is 1.01. The molecule has 1 rings (SSSR count). The van der Waals surface area contributed by atoms with E-state index in [0.717, 1.165) is 26.1 Å². The molecule has 0 aromatic heterocycles. The maximum atomic E-state index is 9.60. The zero-order chi connectivity index (χ0) is 10.1. The molecule has 0 aromatic carbocycles. The molecule has 4 nitrogen and oxygen atoms in total. The van der Waals surface area contributed by atoms with Crippen molar-refractivity contribution in [3.63, 3.8) is 0 Å². The number of rotatable bonds is 2. The number of hydrogen-bond acceptors (Lipinski definition) is 3. The van der Waals surface area contributed by atoms with Crippen LogP contribution in [0.4, 0.5) is 0 Å². The largest absolute Gasteiger partial charge is 0.481 e. The van der Waals surface area contributed by atoms with Gasteiger partial charge in [0.15, 0.2) is 0 Å². The third kappa shape index (κ3) is 9.30. The van der Waals surface area contributed by atoms with Crippen molar-refractivity contribution in [3.8, 4) is 0 Å². The molecule has 0 aliphatic carbocycles. The van der Waals surface area contributed by atoms with Crippen LogP contribution in [0.3, 0.4) is 0 Å². The van der Waals surface area contributed by atoms with Crippen molar-refractivity contribution in [2.45, 2.75) is 32.7 Å². The number of carboxylic acid groups (broad SMARTS) is 1. The van der Waals surface area contributed by atoms with E-state index in [4.69, 9.17) is 5.11 Å². The average Bonchev–Trinajstić information content (AvgIpc) is 2.06. The zero-order valence-electron chi connectivity index (χ0n) is 8.47. The molecule has 1 heterocycles. The first-order chi connectivity index (χ1) is 6.16. The first-order valence-corrected chi connectivity index (χ1v) is 4.82. The fourth-order valence-corrected chi connectivity index (χ4v) is 1.01. The molecule has 0 bridgehead atoms. The van der Waals surface area contributed by atoms with Crippen LogP contribution in [0.5, 0.6) is 0 Å². The SMILES string of the molecule is CCCC(=O)O.C[C@H]1CNCCN1. The van der Waals surface area contributed by atoms with Gasteiger partial charge in [-0.25, -0.2) is 0 Å². The summed E-state index contributed by atoms with van der Waals surface area (Å²) in [5.74, 6) is -0.711. The standard InChI is InChI=1S/C5H12N2.C4H8O2/c1-5-4-6-2-3-7-5;1-2-3-4(5)6/h5-7H,2-4H2,1H3;2-3H2,1H3,(H,5,6)/t5-;/m0./s1. The first-order valence-electron chi connectivity index (χ1n) is 4.82. The molecule has 0 amide bonds. The summed E-state index contributed by atoms with van der Waals surface area (Å²) < 4.78 is 0. The van der Waals surface area contributed by atoms with Gasteiger partial charge in [0.25, 0.3) is 0 Å². The van der Waals surface area contributed by atoms with Crippen molar-refractivity contribution in [1.82, 2.24) is 10.6 Å². The highest BCUT2D eigenvalue weighted by molar-refractivity contribution is 5.66. The fraction of sp³-hybridized carbons (Fsp3) is 0.889. The van der Waals surface area contributed by atoms with E-state index >= 15 is 0 Å². The molecule has 1 aliphatic rings. The van der Waals surface area contributed by atoms with E-state index in [1.165, 1.54) is 0 Å². The quantitative estimate of drug-likeness (QED) is 0.588. The molecule has 13 heavy (non-hydrogen) atoms. The highest BCUT2D eigenvalue weighted by Gasteiger charge is 2.03. The lowest BCUT2D eigenvalue weighted by atomic mass is 10.3. The van der Waals surface area contributed by atoms with Crippen LogP contribution < -0.4 is 10.6 Å². The lowest BCUT2D eigenvalue weighted by Gasteiger charge is -2.19. The molecule has 0 saturated carbocycles. The summed E-state index contributed by atoms with van der Waals surface area (Å²) in [6, 6.07) is 0.675. The van der Waals surface area contributed by atoms with Crippen molar-refractivity contribution in [1.29, 1.82) is 0 Å². The minimum atomic E-state index is -0.711. The molecule has 78 valence electrons. The zero-order valence-corrected chi connectivity index (χ0v) is 8.47. The summed E-state index contributed by atoms with van der Waals surface area (Å²) in [5, 5.41) is 14.5. The second kappa shape index (κ2) is 8.01. The van der Waals surface area contributed by atoms with E-state index in [1.807, 2.05) is 6.92 Å². The molecule has 0 spiro atoms. The van der Waals surface area contributed by atoms with E-state index in [0.29, 0.717) is 12.5 Å². The minimum Gasteiger partial charge on any atom is -0.481 e. The van der Waals surface area contributed by atoms with Crippen LogP contribution in [0.25, 0.3) is 0 Å². The first kappa shape index (κ1) is 12.4. The highest BCUT2D eigenvalue weighted by Crippen LogP contribution is 1.82. The smallest absolute Gasteiger partial charge is 0.303 e. The summed E-state index contributed by atoms with van der Waals surface area (Å²) in [4.78, 5) is 9.60. The van der Waals surface area contributed by atoms with Crippen LogP contribution in [0, 0.1) is 0 Å². The van der Waals surface area contributed by atoms with Crippen molar-refractivity contribution in [2.75, 3.05) is 19.6 Å². The molecular formula is C9H20N2O2. The number of aliphatic carboxylic acids is 1. The van der Waals surface area contributed by atoms with Gasteiger partial charge >= 0.3 is 5.97 Å².